The normalized spacial score (nSPS) is 26.6. The van der Waals surface area contributed by atoms with Crippen molar-refractivity contribution >= 4 is 17.2 Å². The predicted octanol–water partition coefficient (Wildman–Crippen LogP) is 2.80. The van der Waals surface area contributed by atoms with Crippen LogP contribution in [0.3, 0.4) is 0 Å². The lowest BCUT2D eigenvalue weighted by Gasteiger charge is -2.38. The number of rotatable bonds is 2. The third-order valence-corrected chi connectivity index (χ3v) is 5.37. The molecule has 4 heteroatoms. The molecule has 2 fully saturated rings. The number of amides is 1. The minimum Gasteiger partial charge on any atom is -0.335 e. The maximum atomic E-state index is 12.9. The first-order valence-corrected chi connectivity index (χ1v) is 8.19. The van der Waals surface area contributed by atoms with Crippen molar-refractivity contribution in [1.29, 1.82) is 0 Å². The van der Waals surface area contributed by atoms with Crippen molar-refractivity contribution in [2.75, 3.05) is 19.6 Å². The summed E-state index contributed by atoms with van der Waals surface area (Å²) in [7, 11) is 0. The molecule has 1 aromatic heterocycles. The Morgan fingerprint density at radius 3 is 2.95 bits per heavy atom. The Bertz CT molecular complexity index is 437. The lowest BCUT2D eigenvalue weighted by Crippen LogP contribution is -2.47. The summed E-state index contributed by atoms with van der Waals surface area (Å²) in [5.41, 5.74) is 1.18. The number of piperidine rings is 1. The molecule has 2 saturated heterocycles. The van der Waals surface area contributed by atoms with Gasteiger partial charge in [0.25, 0.3) is 0 Å². The zero-order valence-corrected chi connectivity index (χ0v) is 12.3. The second kappa shape index (κ2) is 5.25. The highest BCUT2D eigenvalue weighted by molar-refractivity contribution is 7.07. The van der Waals surface area contributed by atoms with Gasteiger partial charge in [-0.2, -0.15) is 11.3 Å². The number of nitrogens with zero attached hydrogens (tertiary/aromatic N) is 1. The largest absolute Gasteiger partial charge is 0.335 e. The molecular formula is C15H22N2OS. The van der Waals surface area contributed by atoms with Crippen LogP contribution in [0.1, 0.15) is 44.2 Å². The van der Waals surface area contributed by atoms with Crippen LogP contribution in [0.4, 0.5) is 0 Å². The summed E-state index contributed by atoms with van der Waals surface area (Å²) in [5.74, 6) is 0.378. The number of carbonyl (C=O) groups excluding carboxylic acids is 1. The van der Waals surface area contributed by atoms with E-state index in [0.29, 0.717) is 11.9 Å². The average molecular weight is 278 g/mol. The van der Waals surface area contributed by atoms with Gasteiger partial charge >= 0.3 is 0 Å². The Labute approximate surface area is 119 Å². The Morgan fingerprint density at radius 1 is 1.47 bits per heavy atom. The molecule has 19 heavy (non-hydrogen) atoms. The van der Waals surface area contributed by atoms with Crippen LogP contribution in [0, 0.1) is 5.41 Å². The fourth-order valence-electron chi connectivity index (χ4n) is 3.36. The van der Waals surface area contributed by atoms with Crippen molar-refractivity contribution in [2.45, 2.75) is 38.6 Å². The fourth-order valence-corrected chi connectivity index (χ4v) is 4.07. The lowest BCUT2D eigenvalue weighted by molar-refractivity contribution is -0.143. The summed E-state index contributed by atoms with van der Waals surface area (Å²) in [6, 6.07) is 2.50. The molecule has 0 saturated carbocycles. The minimum atomic E-state index is -0.149. The molecule has 2 aliphatic heterocycles. The Balaban J connectivity index is 1.78. The van der Waals surface area contributed by atoms with Crippen molar-refractivity contribution < 1.29 is 4.79 Å². The fraction of sp³-hybridized carbons (Fsp3) is 0.667. The topological polar surface area (TPSA) is 32.3 Å². The van der Waals surface area contributed by atoms with Crippen molar-refractivity contribution in [3.05, 3.63) is 22.4 Å². The van der Waals surface area contributed by atoms with E-state index in [1.54, 1.807) is 11.3 Å². The Kier molecular flexibility index (Phi) is 3.63. The van der Waals surface area contributed by atoms with Crippen molar-refractivity contribution in [2.24, 2.45) is 5.41 Å². The predicted molar refractivity (Wildman–Crippen MR) is 78.2 cm³/mol. The zero-order valence-electron chi connectivity index (χ0n) is 11.5. The molecule has 0 bridgehead atoms. The standard InChI is InChI=1S/C15H22N2OS/c1-15(5-7-16-8-6-15)14(18)17-9-2-3-13(17)12-4-10-19-11-12/h4,10-11,13,16H,2-3,5-9H2,1H3. The maximum absolute atomic E-state index is 12.9. The highest BCUT2D eigenvalue weighted by Crippen LogP contribution is 2.39. The van der Waals surface area contributed by atoms with Gasteiger partial charge in [-0.15, -0.1) is 0 Å². The smallest absolute Gasteiger partial charge is 0.229 e. The molecule has 104 valence electrons. The summed E-state index contributed by atoms with van der Waals surface area (Å²) in [5, 5.41) is 7.66. The van der Waals surface area contributed by atoms with E-state index in [4.69, 9.17) is 0 Å². The molecular weight excluding hydrogens is 256 g/mol. The maximum Gasteiger partial charge on any atom is 0.229 e. The highest BCUT2D eigenvalue weighted by atomic mass is 32.1. The number of likely N-dealkylation sites (tertiary alicyclic amines) is 1. The Morgan fingerprint density at radius 2 is 2.26 bits per heavy atom. The average Bonchev–Trinajstić information content (AvgIpc) is 3.09. The summed E-state index contributed by atoms with van der Waals surface area (Å²) < 4.78 is 0. The monoisotopic (exact) mass is 278 g/mol. The lowest BCUT2D eigenvalue weighted by atomic mass is 9.79. The molecule has 0 aliphatic carbocycles. The Hall–Kier alpha value is -0.870. The van der Waals surface area contributed by atoms with Crippen molar-refractivity contribution in [3.8, 4) is 0 Å². The molecule has 1 amide bonds. The van der Waals surface area contributed by atoms with Gasteiger partial charge in [-0.3, -0.25) is 4.79 Å². The van der Waals surface area contributed by atoms with Gasteiger partial charge in [0, 0.05) is 12.0 Å². The SMILES string of the molecule is CC1(C(=O)N2CCCC2c2ccsc2)CCNCC1. The molecule has 1 N–H and O–H groups in total. The molecule has 1 atom stereocenters. The number of hydrogen-bond acceptors (Lipinski definition) is 3. The van der Waals surface area contributed by atoms with E-state index in [1.807, 2.05) is 0 Å². The van der Waals surface area contributed by atoms with Gasteiger partial charge in [0.2, 0.25) is 5.91 Å². The van der Waals surface area contributed by atoms with Crippen LogP contribution >= 0.6 is 11.3 Å². The van der Waals surface area contributed by atoms with Gasteiger partial charge in [-0.25, -0.2) is 0 Å². The van der Waals surface area contributed by atoms with Gasteiger partial charge < -0.3 is 10.2 Å². The highest BCUT2D eigenvalue weighted by Gasteiger charge is 2.41. The second-order valence-electron chi connectivity index (χ2n) is 6.02. The van der Waals surface area contributed by atoms with Crippen LogP contribution in [0.2, 0.25) is 0 Å². The van der Waals surface area contributed by atoms with E-state index in [0.717, 1.165) is 45.3 Å². The van der Waals surface area contributed by atoms with E-state index in [9.17, 15) is 4.79 Å². The van der Waals surface area contributed by atoms with E-state index < -0.39 is 0 Å². The summed E-state index contributed by atoms with van der Waals surface area (Å²) in [6.45, 7) is 5.03. The van der Waals surface area contributed by atoms with Crippen molar-refractivity contribution in [3.63, 3.8) is 0 Å². The van der Waals surface area contributed by atoms with Crippen LogP contribution in [0.5, 0.6) is 0 Å². The number of thiophene rings is 1. The van der Waals surface area contributed by atoms with Crippen LogP contribution in [0.15, 0.2) is 16.8 Å². The van der Waals surface area contributed by atoms with E-state index in [2.05, 4.69) is 34.0 Å². The molecule has 0 radical (unpaired) electrons. The molecule has 3 nitrogen and oxygen atoms in total. The van der Waals surface area contributed by atoms with Gasteiger partial charge in [-0.05, 0) is 61.2 Å². The van der Waals surface area contributed by atoms with E-state index >= 15 is 0 Å². The third-order valence-electron chi connectivity index (χ3n) is 4.67. The minimum absolute atomic E-state index is 0.149. The first-order chi connectivity index (χ1) is 9.21. The first kappa shape index (κ1) is 13.1. The first-order valence-electron chi connectivity index (χ1n) is 7.25. The van der Waals surface area contributed by atoms with E-state index in [1.165, 1.54) is 5.56 Å². The third kappa shape index (κ3) is 2.43. The molecule has 3 rings (SSSR count). The molecule has 2 aliphatic rings. The van der Waals surface area contributed by atoms with Gasteiger partial charge in [0.05, 0.1) is 6.04 Å². The van der Waals surface area contributed by atoms with Crippen molar-refractivity contribution in [1.82, 2.24) is 10.2 Å². The van der Waals surface area contributed by atoms with E-state index in [-0.39, 0.29) is 5.41 Å². The molecule has 3 heterocycles. The molecule has 0 aromatic carbocycles. The summed E-state index contributed by atoms with van der Waals surface area (Å²) >= 11 is 1.73. The second-order valence-corrected chi connectivity index (χ2v) is 6.80. The van der Waals surface area contributed by atoms with Gasteiger partial charge in [0.15, 0.2) is 0 Å². The molecule has 1 unspecified atom stereocenters. The number of nitrogens with one attached hydrogen (secondary N) is 1. The summed E-state index contributed by atoms with van der Waals surface area (Å²) in [6.07, 6.45) is 4.20. The van der Waals surface area contributed by atoms with Gasteiger partial charge in [-0.1, -0.05) is 6.92 Å². The quantitative estimate of drug-likeness (QED) is 0.902. The number of hydrogen-bond donors (Lipinski definition) is 1. The van der Waals surface area contributed by atoms with Gasteiger partial charge in [0.1, 0.15) is 0 Å². The molecule has 1 aromatic rings. The van der Waals surface area contributed by atoms with Crippen LogP contribution < -0.4 is 5.32 Å². The van der Waals surface area contributed by atoms with Crippen LogP contribution in [-0.2, 0) is 4.79 Å². The van der Waals surface area contributed by atoms with Crippen LogP contribution in [-0.4, -0.2) is 30.4 Å². The van der Waals surface area contributed by atoms with Crippen LogP contribution in [0.25, 0.3) is 0 Å². The summed E-state index contributed by atoms with van der Waals surface area (Å²) in [4.78, 5) is 15.1. The number of carbonyl (C=O) groups is 1. The molecule has 0 spiro atoms. The zero-order chi connectivity index (χ0) is 13.3.